The van der Waals surface area contributed by atoms with Gasteiger partial charge in [-0.15, -0.1) is 0 Å². The quantitative estimate of drug-likeness (QED) is 0.787. The zero-order chi connectivity index (χ0) is 12.9. The van der Waals surface area contributed by atoms with Gasteiger partial charge in [0.2, 0.25) is 0 Å². The Morgan fingerprint density at radius 2 is 1.94 bits per heavy atom. The molecule has 0 saturated carbocycles. The Balaban J connectivity index is 2.25. The molecule has 1 heterocycles. The summed E-state index contributed by atoms with van der Waals surface area (Å²) in [6, 6.07) is 0. The lowest BCUT2D eigenvalue weighted by Crippen LogP contribution is -2.25. The largest absolute Gasteiger partial charge is 0.506 e. The van der Waals surface area contributed by atoms with Crippen LogP contribution in [-0.4, -0.2) is 30.1 Å². The van der Waals surface area contributed by atoms with Crippen molar-refractivity contribution >= 4 is 23.2 Å². The molecule has 0 amide bonds. The molecule has 0 radical (unpaired) electrons. The fraction of sp³-hybridized carbons (Fsp3) is 0.571. The number of phenols is 1. The molecule has 1 N–H and O–H groups in total. The summed E-state index contributed by atoms with van der Waals surface area (Å²) in [6.45, 7) is 2.06. The first kappa shape index (κ1) is 12.6. The second-order valence-corrected chi connectivity index (χ2v) is 6.20. The summed E-state index contributed by atoms with van der Waals surface area (Å²) in [5.41, 5.74) is 3.51. The third-order valence-corrected chi connectivity index (χ3v) is 5.15. The van der Waals surface area contributed by atoms with Gasteiger partial charge in [-0.3, -0.25) is 0 Å². The highest BCUT2D eigenvalue weighted by Crippen LogP contribution is 2.47. The van der Waals surface area contributed by atoms with Crippen LogP contribution in [0.1, 0.15) is 35.4 Å². The van der Waals surface area contributed by atoms with Crippen molar-refractivity contribution in [1.82, 2.24) is 4.90 Å². The van der Waals surface area contributed by atoms with Gasteiger partial charge in [0.05, 0.1) is 5.02 Å². The van der Waals surface area contributed by atoms with Crippen molar-refractivity contribution in [3.63, 3.8) is 0 Å². The van der Waals surface area contributed by atoms with Crippen LogP contribution in [0.4, 0.5) is 0 Å². The van der Waals surface area contributed by atoms with E-state index in [0.717, 1.165) is 37.9 Å². The molecule has 1 aromatic rings. The van der Waals surface area contributed by atoms with E-state index in [0.29, 0.717) is 16.0 Å². The number of benzene rings is 1. The van der Waals surface area contributed by atoms with E-state index in [1.54, 1.807) is 0 Å². The summed E-state index contributed by atoms with van der Waals surface area (Å²) in [4.78, 5) is 2.35. The Kier molecular flexibility index (Phi) is 3.21. The van der Waals surface area contributed by atoms with Crippen LogP contribution in [0.5, 0.6) is 5.75 Å². The molecule has 2 nitrogen and oxygen atoms in total. The van der Waals surface area contributed by atoms with Crippen LogP contribution in [0.2, 0.25) is 10.0 Å². The Morgan fingerprint density at radius 1 is 1.17 bits per heavy atom. The minimum absolute atomic E-state index is 0.217. The Bertz CT molecular complexity index is 501. The molecule has 18 heavy (non-hydrogen) atoms. The van der Waals surface area contributed by atoms with Crippen molar-refractivity contribution < 1.29 is 5.11 Å². The van der Waals surface area contributed by atoms with Gasteiger partial charge in [0.25, 0.3) is 0 Å². The lowest BCUT2D eigenvalue weighted by molar-refractivity contribution is 0.312. The highest BCUT2D eigenvalue weighted by Gasteiger charge is 2.32. The molecule has 0 aromatic heterocycles. The molecule has 2 aliphatic rings. The second-order valence-electron chi connectivity index (χ2n) is 5.45. The molecule has 1 aliphatic heterocycles. The smallest absolute Gasteiger partial charge is 0.139 e. The maximum atomic E-state index is 10.2. The first-order chi connectivity index (χ1) is 8.59. The summed E-state index contributed by atoms with van der Waals surface area (Å²) < 4.78 is 0. The number of halogens is 2. The van der Waals surface area contributed by atoms with E-state index in [4.69, 9.17) is 23.2 Å². The van der Waals surface area contributed by atoms with Gasteiger partial charge < -0.3 is 10.0 Å². The average Bonchev–Trinajstić information content (AvgIpc) is 2.53. The van der Waals surface area contributed by atoms with Gasteiger partial charge in [0.1, 0.15) is 10.8 Å². The summed E-state index contributed by atoms with van der Waals surface area (Å²) in [6.07, 6.45) is 4.15. The minimum Gasteiger partial charge on any atom is -0.506 e. The van der Waals surface area contributed by atoms with Crippen LogP contribution < -0.4 is 0 Å². The number of hydrogen-bond acceptors (Lipinski definition) is 2. The predicted octanol–water partition coefficient (Wildman–Crippen LogP) is 3.61. The van der Waals surface area contributed by atoms with Crippen molar-refractivity contribution in [2.45, 2.75) is 31.6 Å². The molecular formula is C14H17Cl2NO. The number of hydrogen-bond donors (Lipinski definition) is 1. The number of nitrogens with zero attached hydrogens (tertiary/aromatic N) is 1. The zero-order valence-electron chi connectivity index (χ0n) is 10.5. The van der Waals surface area contributed by atoms with Gasteiger partial charge >= 0.3 is 0 Å². The Morgan fingerprint density at radius 3 is 2.72 bits per heavy atom. The maximum Gasteiger partial charge on any atom is 0.139 e. The summed E-state index contributed by atoms with van der Waals surface area (Å²) in [5, 5.41) is 11.1. The van der Waals surface area contributed by atoms with E-state index < -0.39 is 0 Å². The molecule has 0 bridgehead atoms. The van der Waals surface area contributed by atoms with Crippen LogP contribution in [-0.2, 0) is 12.8 Å². The monoisotopic (exact) mass is 285 g/mol. The standard InChI is InChI=1S/C14H17Cl2NO/c1-17-6-5-9-11-8(7-17)3-2-4-10(11)14(18)13(16)12(9)15/h8,18H,2-7H2,1H3. The molecule has 1 aliphatic carbocycles. The highest BCUT2D eigenvalue weighted by molar-refractivity contribution is 6.43. The maximum absolute atomic E-state index is 10.2. The van der Waals surface area contributed by atoms with Gasteiger partial charge in [0, 0.05) is 13.1 Å². The number of likely N-dealkylation sites (N-methyl/N-ethyl adjacent to an activating group) is 1. The van der Waals surface area contributed by atoms with E-state index in [-0.39, 0.29) is 5.75 Å². The van der Waals surface area contributed by atoms with E-state index >= 15 is 0 Å². The van der Waals surface area contributed by atoms with E-state index in [1.807, 2.05) is 0 Å². The predicted molar refractivity (Wildman–Crippen MR) is 75.0 cm³/mol. The average molecular weight is 286 g/mol. The Labute approximate surface area is 117 Å². The highest BCUT2D eigenvalue weighted by atomic mass is 35.5. The van der Waals surface area contributed by atoms with Crippen LogP contribution in [0.3, 0.4) is 0 Å². The van der Waals surface area contributed by atoms with Gasteiger partial charge in [-0.2, -0.15) is 0 Å². The summed E-state index contributed by atoms with van der Waals surface area (Å²) >= 11 is 12.5. The van der Waals surface area contributed by atoms with Gasteiger partial charge in [-0.05, 0) is 55.3 Å². The molecule has 3 rings (SSSR count). The molecule has 1 aromatic carbocycles. The SMILES string of the molecule is CN1CCc2c(Cl)c(Cl)c(O)c3c2C(CCC3)C1. The second kappa shape index (κ2) is 4.59. The lowest BCUT2D eigenvalue weighted by Gasteiger charge is -2.29. The number of phenolic OH excluding ortho intramolecular Hbond substituents is 1. The number of rotatable bonds is 0. The van der Waals surface area contributed by atoms with Crippen LogP contribution in [0.15, 0.2) is 0 Å². The van der Waals surface area contributed by atoms with Crippen molar-refractivity contribution in [3.05, 3.63) is 26.7 Å². The van der Waals surface area contributed by atoms with Gasteiger partial charge in [-0.25, -0.2) is 0 Å². The van der Waals surface area contributed by atoms with E-state index in [2.05, 4.69) is 11.9 Å². The molecule has 98 valence electrons. The third-order valence-electron chi connectivity index (χ3n) is 4.26. The molecule has 1 atom stereocenters. The topological polar surface area (TPSA) is 23.5 Å². The first-order valence-corrected chi connectivity index (χ1v) is 7.25. The molecule has 0 saturated heterocycles. The molecule has 4 heteroatoms. The summed E-state index contributed by atoms with van der Waals surface area (Å²) in [5.74, 6) is 0.714. The zero-order valence-corrected chi connectivity index (χ0v) is 12.0. The van der Waals surface area contributed by atoms with Crippen LogP contribution in [0, 0.1) is 0 Å². The van der Waals surface area contributed by atoms with Crippen molar-refractivity contribution in [2.75, 3.05) is 20.1 Å². The van der Waals surface area contributed by atoms with Crippen molar-refractivity contribution in [1.29, 1.82) is 0 Å². The fourth-order valence-electron chi connectivity index (χ4n) is 3.41. The summed E-state index contributed by atoms with van der Waals surface area (Å²) in [7, 11) is 2.15. The van der Waals surface area contributed by atoms with E-state index in [9.17, 15) is 5.11 Å². The van der Waals surface area contributed by atoms with Gasteiger partial charge in [-0.1, -0.05) is 23.2 Å². The normalized spacial score (nSPS) is 23.6. The first-order valence-electron chi connectivity index (χ1n) is 6.49. The molecule has 1 unspecified atom stereocenters. The fourth-order valence-corrected chi connectivity index (χ4v) is 3.92. The van der Waals surface area contributed by atoms with Crippen molar-refractivity contribution in [2.24, 2.45) is 0 Å². The van der Waals surface area contributed by atoms with Gasteiger partial charge in [0.15, 0.2) is 0 Å². The van der Waals surface area contributed by atoms with Crippen molar-refractivity contribution in [3.8, 4) is 5.75 Å². The van der Waals surface area contributed by atoms with Crippen LogP contribution in [0.25, 0.3) is 0 Å². The Hall–Kier alpha value is -0.440. The number of aromatic hydroxyl groups is 1. The van der Waals surface area contributed by atoms with Crippen LogP contribution >= 0.6 is 23.2 Å². The lowest BCUT2D eigenvalue weighted by atomic mass is 9.79. The third kappa shape index (κ3) is 1.82. The van der Waals surface area contributed by atoms with E-state index in [1.165, 1.54) is 17.5 Å². The molecule has 0 fully saturated rings. The minimum atomic E-state index is 0.217. The molecular weight excluding hydrogens is 269 g/mol. The molecule has 0 spiro atoms.